The Morgan fingerprint density at radius 2 is 1.65 bits per heavy atom. The average molecular weight is 356 g/mol. The van der Waals surface area contributed by atoms with Crippen LogP contribution < -0.4 is 20.1 Å². The third-order valence-corrected chi connectivity index (χ3v) is 5.32. The molecule has 7 heteroatoms. The van der Waals surface area contributed by atoms with E-state index < -0.39 is 0 Å². The molecule has 1 saturated heterocycles. The second-order valence-corrected chi connectivity index (χ2v) is 6.84. The van der Waals surface area contributed by atoms with E-state index in [2.05, 4.69) is 21.8 Å². The topological polar surface area (TPSA) is 59.8 Å². The van der Waals surface area contributed by atoms with Crippen LogP contribution in [0.2, 0.25) is 0 Å². The number of aromatic nitrogens is 2. The smallest absolute Gasteiger partial charge is 0.350 e. The maximum Gasteiger partial charge on any atom is 0.350 e. The first-order chi connectivity index (χ1) is 12.6. The van der Waals surface area contributed by atoms with Crippen molar-refractivity contribution >= 4 is 5.82 Å². The van der Waals surface area contributed by atoms with Crippen LogP contribution in [0.3, 0.4) is 0 Å². The molecule has 7 nitrogen and oxygen atoms in total. The molecule has 0 atom stereocenters. The summed E-state index contributed by atoms with van der Waals surface area (Å²) in [7, 11) is 5.38. The summed E-state index contributed by atoms with van der Waals surface area (Å²) in [5.41, 5.74) is 2.90. The van der Waals surface area contributed by atoms with Gasteiger partial charge in [0.2, 0.25) is 0 Å². The number of hydrogen-bond donors (Lipinski definition) is 0. The molecule has 1 aromatic heterocycles. The summed E-state index contributed by atoms with van der Waals surface area (Å²) in [5.74, 6) is 2.15. The molecule has 0 unspecified atom stereocenters. The standard InChI is InChI=1S/C19H24N4O3/c1-21-6-8-22(9-7-21)18-12-15-14-11-17(26-3)16(25-2)10-13(14)4-5-23(15)19(24)20-18/h10-12H,4-9H2,1-3H3. The van der Waals surface area contributed by atoms with Crippen molar-refractivity contribution in [1.82, 2.24) is 14.5 Å². The summed E-state index contributed by atoms with van der Waals surface area (Å²) in [4.78, 5) is 21.5. The van der Waals surface area contributed by atoms with Crippen LogP contribution in [0.4, 0.5) is 5.82 Å². The van der Waals surface area contributed by atoms with Crippen LogP contribution in [0.15, 0.2) is 23.0 Å². The lowest BCUT2D eigenvalue weighted by atomic mass is 9.96. The highest BCUT2D eigenvalue weighted by Gasteiger charge is 2.24. The van der Waals surface area contributed by atoms with Crippen LogP contribution >= 0.6 is 0 Å². The van der Waals surface area contributed by atoms with Crippen molar-refractivity contribution in [3.63, 3.8) is 0 Å². The summed E-state index contributed by atoms with van der Waals surface area (Å²) >= 11 is 0. The third kappa shape index (κ3) is 2.82. The van der Waals surface area contributed by atoms with Gasteiger partial charge in [-0.2, -0.15) is 4.98 Å². The number of methoxy groups -OCH3 is 2. The summed E-state index contributed by atoms with van der Waals surface area (Å²) in [5, 5.41) is 0. The molecule has 2 aliphatic rings. The highest BCUT2D eigenvalue weighted by atomic mass is 16.5. The van der Waals surface area contributed by atoms with Gasteiger partial charge in [-0.1, -0.05) is 0 Å². The first-order valence-corrected chi connectivity index (χ1v) is 8.91. The molecule has 0 aliphatic carbocycles. The normalized spacial score (nSPS) is 16.8. The van der Waals surface area contributed by atoms with Crippen LogP contribution in [0.25, 0.3) is 11.3 Å². The summed E-state index contributed by atoms with van der Waals surface area (Å²) in [6.45, 7) is 4.34. The number of rotatable bonds is 3. The van der Waals surface area contributed by atoms with E-state index in [4.69, 9.17) is 9.47 Å². The predicted octanol–water partition coefficient (Wildman–Crippen LogP) is 1.24. The molecular weight excluding hydrogens is 332 g/mol. The molecule has 3 heterocycles. The molecule has 1 fully saturated rings. The van der Waals surface area contributed by atoms with Gasteiger partial charge in [0.15, 0.2) is 11.5 Å². The van der Waals surface area contributed by atoms with Gasteiger partial charge in [0.05, 0.1) is 19.9 Å². The molecule has 1 aromatic carbocycles. The number of ether oxygens (including phenoxy) is 2. The molecule has 2 aromatic rings. The zero-order chi connectivity index (χ0) is 18.3. The number of nitrogens with zero attached hydrogens (tertiary/aromatic N) is 4. The lowest BCUT2D eigenvalue weighted by Crippen LogP contribution is -2.45. The fourth-order valence-corrected chi connectivity index (χ4v) is 3.73. The molecule has 0 saturated carbocycles. The van der Waals surface area contributed by atoms with Crippen LogP contribution in [-0.4, -0.2) is 61.9 Å². The van der Waals surface area contributed by atoms with Gasteiger partial charge in [-0.25, -0.2) is 4.79 Å². The van der Waals surface area contributed by atoms with E-state index in [-0.39, 0.29) is 5.69 Å². The van der Waals surface area contributed by atoms with E-state index in [1.54, 1.807) is 18.8 Å². The van der Waals surface area contributed by atoms with Crippen LogP contribution in [0.5, 0.6) is 11.5 Å². The maximum absolute atomic E-state index is 12.6. The van der Waals surface area contributed by atoms with Gasteiger partial charge in [0.1, 0.15) is 5.82 Å². The summed E-state index contributed by atoms with van der Waals surface area (Å²) in [6, 6.07) is 6.01. The average Bonchev–Trinajstić information content (AvgIpc) is 2.67. The first kappa shape index (κ1) is 16.9. The molecule has 138 valence electrons. The monoisotopic (exact) mass is 356 g/mol. The van der Waals surface area contributed by atoms with Crippen molar-refractivity contribution in [2.45, 2.75) is 13.0 Å². The Labute approximate surface area is 152 Å². The van der Waals surface area contributed by atoms with E-state index in [1.165, 1.54) is 0 Å². The van der Waals surface area contributed by atoms with E-state index >= 15 is 0 Å². The Morgan fingerprint density at radius 1 is 0.962 bits per heavy atom. The first-order valence-electron chi connectivity index (χ1n) is 8.91. The van der Waals surface area contributed by atoms with Crippen molar-refractivity contribution in [3.8, 4) is 22.8 Å². The molecule has 2 aliphatic heterocycles. The highest BCUT2D eigenvalue weighted by Crippen LogP contribution is 2.38. The van der Waals surface area contributed by atoms with Crippen molar-refractivity contribution in [2.75, 3.05) is 52.3 Å². The fraction of sp³-hybridized carbons (Fsp3) is 0.474. The Morgan fingerprint density at radius 3 is 2.35 bits per heavy atom. The molecule has 0 spiro atoms. The molecule has 26 heavy (non-hydrogen) atoms. The molecule has 0 amide bonds. The van der Waals surface area contributed by atoms with Crippen molar-refractivity contribution < 1.29 is 9.47 Å². The van der Waals surface area contributed by atoms with E-state index in [0.717, 1.165) is 61.0 Å². The van der Waals surface area contributed by atoms with E-state index in [0.29, 0.717) is 12.3 Å². The highest BCUT2D eigenvalue weighted by molar-refractivity contribution is 5.72. The van der Waals surface area contributed by atoms with Gasteiger partial charge in [0.25, 0.3) is 0 Å². The molecular formula is C19H24N4O3. The summed E-state index contributed by atoms with van der Waals surface area (Å²) in [6.07, 6.45) is 0.776. The second-order valence-electron chi connectivity index (χ2n) is 6.84. The molecule has 0 bridgehead atoms. The summed E-state index contributed by atoms with van der Waals surface area (Å²) < 4.78 is 12.6. The number of hydrogen-bond acceptors (Lipinski definition) is 6. The van der Waals surface area contributed by atoms with E-state index in [1.807, 2.05) is 18.2 Å². The third-order valence-electron chi connectivity index (χ3n) is 5.32. The van der Waals surface area contributed by atoms with Crippen LogP contribution in [0.1, 0.15) is 5.56 Å². The van der Waals surface area contributed by atoms with Crippen LogP contribution in [-0.2, 0) is 13.0 Å². The van der Waals surface area contributed by atoms with Crippen LogP contribution in [0, 0.1) is 0 Å². The maximum atomic E-state index is 12.6. The molecule has 0 N–H and O–H groups in total. The van der Waals surface area contributed by atoms with Gasteiger partial charge in [-0.05, 0) is 31.2 Å². The number of likely N-dealkylation sites (N-methyl/N-ethyl adjacent to an activating group) is 1. The van der Waals surface area contributed by atoms with Gasteiger partial charge in [-0.15, -0.1) is 0 Å². The SMILES string of the molecule is COc1cc2c(cc1OC)-c1cc(N3CCN(C)CC3)nc(=O)n1CC2. The van der Waals surface area contributed by atoms with Gasteiger partial charge in [-0.3, -0.25) is 4.57 Å². The van der Waals surface area contributed by atoms with Crippen molar-refractivity contribution in [1.29, 1.82) is 0 Å². The van der Waals surface area contributed by atoms with Crippen molar-refractivity contribution in [2.24, 2.45) is 0 Å². The number of benzene rings is 1. The zero-order valence-electron chi connectivity index (χ0n) is 15.5. The minimum atomic E-state index is -0.183. The number of piperazine rings is 1. The molecule has 4 rings (SSSR count). The Bertz CT molecular complexity index is 885. The van der Waals surface area contributed by atoms with Gasteiger partial charge < -0.3 is 19.3 Å². The largest absolute Gasteiger partial charge is 0.493 e. The number of aryl methyl sites for hydroxylation is 1. The van der Waals surface area contributed by atoms with Crippen molar-refractivity contribution in [3.05, 3.63) is 34.2 Å². The van der Waals surface area contributed by atoms with E-state index in [9.17, 15) is 4.79 Å². The Hall–Kier alpha value is -2.54. The minimum Gasteiger partial charge on any atom is -0.493 e. The lowest BCUT2D eigenvalue weighted by Gasteiger charge is -2.33. The lowest BCUT2D eigenvalue weighted by molar-refractivity contribution is 0.312. The quantitative estimate of drug-likeness (QED) is 0.825. The Kier molecular flexibility index (Phi) is 4.32. The molecule has 0 radical (unpaired) electrons. The minimum absolute atomic E-state index is 0.183. The van der Waals surface area contributed by atoms with Gasteiger partial charge in [0, 0.05) is 44.4 Å². The second kappa shape index (κ2) is 6.64. The number of fused-ring (bicyclic) bond motifs is 3. The van der Waals surface area contributed by atoms with Gasteiger partial charge >= 0.3 is 5.69 Å². The number of anilines is 1. The fourth-order valence-electron chi connectivity index (χ4n) is 3.73. The predicted molar refractivity (Wildman–Crippen MR) is 100 cm³/mol. The Balaban J connectivity index is 1.81. The zero-order valence-corrected chi connectivity index (χ0v) is 15.5.